The molecule has 0 saturated heterocycles. The fraction of sp³-hybridized carbons (Fsp3) is 0.158. The smallest absolute Gasteiger partial charge is 0.308 e. The molecule has 0 radical (unpaired) electrons. The SMILES string of the molecule is Cn1c(=O)c(CC(=O)O)c(-c2ccc3c(c2)OCO3)c2ccccc21. The first-order chi connectivity index (χ1) is 12.1. The average molecular weight is 337 g/mol. The Morgan fingerprint density at radius 3 is 2.72 bits per heavy atom. The highest BCUT2D eigenvalue weighted by Gasteiger charge is 2.21. The number of aromatic nitrogens is 1. The Kier molecular flexibility index (Phi) is 3.46. The lowest BCUT2D eigenvalue weighted by Gasteiger charge is -2.15. The largest absolute Gasteiger partial charge is 0.481 e. The number of pyridine rings is 1. The number of nitrogens with zero attached hydrogens (tertiary/aromatic N) is 1. The van der Waals surface area contributed by atoms with E-state index >= 15 is 0 Å². The van der Waals surface area contributed by atoms with Crippen LogP contribution in [-0.2, 0) is 18.3 Å². The van der Waals surface area contributed by atoms with Gasteiger partial charge in [0, 0.05) is 23.6 Å². The normalized spacial score (nSPS) is 12.5. The molecule has 0 atom stereocenters. The number of benzene rings is 2. The highest BCUT2D eigenvalue weighted by atomic mass is 16.7. The van der Waals surface area contributed by atoms with Gasteiger partial charge in [-0.05, 0) is 23.8 Å². The van der Waals surface area contributed by atoms with Crippen molar-refractivity contribution in [1.29, 1.82) is 0 Å². The van der Waals surface area contributed by atoms with Crippen molar-refractivity contribution < 1.29 is 19.4 Å². The summed E-state index contributed by atoms with van der Waals surface area (Å²) in [5.41, 5.74) is 2.05. The first kappa shape index (κ1) is 15.3. The van der Waals surface area contributed by atoms with E-state index in [1.54, 1.807) is 19.2 Å². The number of carbonyl (C=O) groups is 1. The van der Waals surface area contributed by atoms with Crippen molar-refractivity contribution in [3.8, 4) is 22.6 Å². The highest BCUT2D eigenvalue weighted by Crippen LogP contribution is 2.38. The Morgan fingerprint density at radius 2 is 1.92 bits per heavy atom. The van der Waals surface area contributed by atoms with Gasteiger partial charge in [-0.15, -0.1) is 0 Å². The fourth-order valence-corrected chi connectivity index (χ4v) is 3.26. The van der Waals surface area contributed by atoms with Gasteiger partial charge in [0.15, 0.2) is 11.5 Å². The minimum Gasteiger partial charge on any atom is -0.481 e. The van der Waals surface area contributed by atoms with Crippen LogP contribution in [0.25, 0.3) is 22.0 Å². The van der Waals surface area contributed by atoms with Crippen LogP contribution in [0.1, 0.15) is 5.56 Å². The molecular weight excluding hydrogens is 322 g/mol. The lowest BCUT2D eigenvalue weighted by atomic mass is 9.94. The topological polar surface area (TPSA) is 77.8 Å². The summed E-state index contributed by atoms with van der Waals surface area (Å²) in [5.74, 6) is 0.176. The number of aryl methyl sites for hydroxylation is 1. The van der Waals surface area contributed by atoms with E-state index in [9.17, 15) is 14.7 Å². The molecule has 6 heteroatoms. The van der Waals surface area contributed by atoms with Crippen LogP contribution in [0.15, 0.2) is 47.3 Å². The molecule has 6 nitrogen and oxygen atoms in total. The third kappa shape index (κ3) is 2.42. The second-order valence-electron chi connectivity index (χ2n) is 5.87. The van der Waals surface area contributed by atoms with Crippen molar-refractivity contribution >= 4 is 16.9 Å². The third-order valence-electron chi connectivity index (χ3n) is 4.39. The van der Waals surface area contributed by atoms with Crippen LogP contribution in [0, 0.1) is 0 Å². The van der Waals surface area contributed by atoms with Gasteiger partial charge in [-0.25, -0.2) is 0 Å². The number of para-hydroxylation sites is 1. The molecule has 3 aromatic rings. The van der Waals surface area contributed by atoms with Gasteiger partial charge in [-0.2, -0.15) is 0 Å². The standard InChI is InChI=1S/C19H15NO5/c1-20-14-5-3-2-4-12(14)18(13(19(20)23)9-17(21)22)11-6-7-15-16(8-11)25-10-24-15/h2-8H,9-10H2,1H3,(H,21,22). The molecule has 1 N–H and O–H groups in total. The molecule has 2 heterocycles. The van der Waals surface area contributed by atoms with Crippen LogP contribution in [0.2, 0.25) is 0 Å². The minimum absolute atomic E-state index is 0.151. The number of fused-ring (bicyclic) bond motifs is 2. The molecule has 0 bridgehead atoms. The van der Waals surface area contributed by atoms with Gasteiger partial charge in [0.05, 0.1) is 11.9 Å². The summed E-state index contributed by atoms with van der Waals surface area (Å²) in [4.78, 5) is 24.1. The molecule has 4 rings (SSSR count). The van der Waals surface area contributed by atoms with Crippen LogP contribution in [0.4, 0.5) is 0 Å². The monoisotopic (exact) mass is 337 g/mol. The molecule has 0 spiro atoms. The number of hydrogen-bond acceptors (Lipinski definition) is 4. The number of aliphatic carboxylic acids is 1. The lowest BCUT2D eigenvalue weighted by Crippen LogP contribution is -2.24. The second kappa shape index (κ2) is 5.66. The van der Waals surface area contributed by atoms with Gasteiger partial charge in [0.1, 0.15) is 0 Å². The lowest BCUT2D eigenvalue weighted by molar-refractivity contribution is -0.136. The summed E-state index contributed by atoms with van der Waals surface area (Å²) in [5, 5.41) is 10.1. The van der Waals surface area contributed by atoms with Crippen LogP contribution >= 0.6 is 0 Å². The highest BCUT2D eigenvalue weighted by molar-refractivity contribution is 5.97. The zero-order valence-corrected chi connectivity index (χ0v) is 13.5. The molecule has 2 aromatic carbocycles. The fourth-order valence-electron chi connectivity index (χ4n) is 3.26. The maximum Gasteiger partial charge on any atom is 0.308 e. The Labute approximate surface area is 142 Å². The van der Waals surface area contributed by atoms with Gasteiger partial charge in [-0.3, -0.25) is 9.59 Å². The number of carboxylic acids is 1. The van der Waals surface area contributed by atoms with E-state index in [1.807, 2.05) is 30.3 Å². The van der Waals surface area contributed by atoms with Gasteiger partial charge < -0.3 is 19.1 Å². The van der Waals surface area contributed by atoms with E-state index in [4.69, 9.17) is 9.47 Å². The molecule has 0 amide bonds. The molecule has 0 saturated carbocycles. The minimum atomic E-state index is -1.05. The predicted octanol–water partition coefficient (Wildman–Crippen LogP) is 2.56. The van der Waals surface area contributed by atoms with E-state index in [0.29, 0.717) is 17.1 Å². The number of hydrogen-bond donors (Lipinski definition) is 1. The van der Waals surface area contributed by atoms with E-state index in [1.165, 1.54) is 4.57 Å². The summed E-state index contributed by atoms with van der Waals surface area (Å²) in [6, 6.07) is 12.8. The van der Waals surface area contributed by atoms with Crippen molar-refractivity contribution in [2.75, 3.05) is 6.79 Å². The van der Waals surface area contributed by atoms with E-state index < -0.39 is 5.97 Å². The number of ether oxygens (including phenoxy) is 2. The average Bonchev–Trinajstić information content (AvgIpc) is 3.07. The van der Waals surface area contributed by atoms with Gasteiger partial charge in [-0.1, -0.05) is 24.3 Å². The summed E-state index contributed by atoms with van der Waals surface area (Å²) < 4.78 is 12.2. The van der Waals surface area contributed by atoms with Crippen LogP contribution in [-0.4, -0.2) is 22.4 Å². The second-order valence-corrected chi connectivity index (χ2v) is 5.87. The molecule has 1 aliphatic heterocycles. The summed E-state index contributed by atoms with van der Waals surface area (Å²) in [6.07, 6.45) is -0.346. The zero-order valence-electron chi connectivity index (χ0n) is 13.5. The molecule has 0 unspecified atom stereocenters. The Balaban J connectivity index is 2.09. The molecule has 0 fully saturated rings. The summed E-state index contributed by atoms with van der Waals surface area (Å²) in [6.45, 7) is 0.151. The summed E-state index contributed by atoms with van der Waals surface area (Å²) in [7, 11) is 1.65. The molecule has 1 aliphatic rings. The summed E-state index contributed by atoms with van der Waals surface area (Å²) >= 11 is 0. The first-order valence-electron chi connectivity index (χ1n) is 7.78. The van der Waals surface area contributed by atoms with Gasteiger partial charge in [0.25, 0.3) is 5.56 Å². The van der Waals surface area contributed by atoms with Crippen molar-refractivity contribution in [3.63, 3.8) is 0 Å². The van der Waals surface area contributed by atoms with E-state index in [2.05, 4.69) is 0 Å². The third-order valence-corrected chi connectivity index (χ3v) is 4.39. The van der Waals surface area contributed by atoms with Gasteiger partial charge >= 0.3 is 5.97 Å². The molecule has 1 aromatic heterocycles. The van der Waals surface area contributed by atoms with E-state index in [-0.39, 0.29) is 24.3 Å². The Bertz CT molecular complexity index is 1070. The zero-order chi connectivity index (χ0) is 17.6. The number of rotatable bonds is 3. The van der Waals surface area contributed by atoms with Crippen molar-refractivity contribution in [2.45, 2.75) is 6.42 Å². The molecule has 126 valence electrons. The maximum absolute atomic E-state index is 12.8. The molecule has 0 aliphatic carbocycles. The van der Waals surface area contributed by atoms with Crippen LogP contribution in [0.3, 0.4) is 0 Å². The Morgan fingerprint density at radius 1 is 1.16 bits per heavy atom. The Hall–Kier alpha value is -3.28. The van der Waals surface area contributed by atoms with Crippen molar-refractivity contribution in [1.82, 2.24) is 4.57 Å². The van der Waals surface area contributed by atoms with Crippen molar-refractivity contribution in [3.05, 3.63) is 58.4 Å². The predicted molar refractivity (Wildman–Crippen MR) is 92.1 cm³/mol. The van der Waals surface area contributed by atoms with Crippen LogP contribution < -0.4 is 15.0 Å². The van der Waals surface area contributed by atoms with Crippen LogP contribution in [0.5, 0.6) is 11.5 Å². The van der Waals surface area contributed by atoms with Gasteiger partial charge in [0.2, 0.25) is 6.79 Å². The van der Waals surface area contributed by atoms with E-state index in [0.717, 1.165) is 16.5 Å². The molecular formula is C19H15NO5. The molecule has 25 heavy (non-hydrogen) atoms. The number of carboxylic acid groups (broad SMARTS) is 1. The first-order valence-corrected chi connectivity index (χ1v) is 7.78. The van der Waals surface area contributed by atoms with Crippen molar-refractivity contribution in [2.24, 2.45) is 7.05 Å². The maximum atomic E-state index is 12.8. The quantitative estimate of drug-likeness (QED) is 0.795.